The number of unbranched alkanes of at least 4 members (excludes halogenated alkanes) is 2. The third-order valence-electron chi connectivity index (χ3n) is 28.2. The number of hydrogen-bond donors (Lipinski definition) is 2. The van der Waals surface area contributed by atoms with Crippen molar-refractivity contribution in [2.75, 3.05) is 33.0 Å². The van der Waals surface area contributed by atoms with Crippen molar-refractivity contribution in [1.82, 2.24) is 13.7 Å². The maximum Gasteiger partial charge on any atom is 0.498 e. The molecule has 0 saturated carbocycles. The van der Waals surface area contributed by atoms with Gasteiger partial charge in [0.25, 0.3) is 0 Å². The molecular weight excluding hydrogens is 2030 g/mol. The molecule has 0 spiro atoms. The van der Waals surface area contributed by atoms with Crippen LogP contribution in [0, 0.1) is 51.2 Å². The van der Waals surface area contributed by atoms with E-state index < -0.39 is 30.0 Å². The molecule has 3 aromatic heterocycles. The van der Waals surface area contributed by atoms with Crippen LogP contribution < -0.4 is 29.1 Å². The van der Waals surface area contributed by atoms with Gasteiger partial charge in [0.05, 0.1) is 102 Å². The lowest BCUT2D eigenvalue weighted by atomic mass is 9.77. The minimum atomic E-state index is -0.565. The van der Waals surface area contributed by atoms with Crippen LogP contribution in [0.5, 0.6) is 40.2 Å². The SMILES string of the molecule is Cc1cc(-c2cc(F)ccc2OCCCCOc2ccc(F)cc2-c2cc(C)cc(-n3c4ccc(C(C)(C)C)cc4c4cc(C(C)(C)C)ccc43)c2O)c(O)c(-n2c3ccc(C(C)(C)C)cc3c3cc(C(C)(C)C)ccc32)c1.Cc1cc(B2OC(C)(C)C(C)(C)O2)c(OC2CCCCO2)c(-n2c3ccc(C(C)(C)C)cc3c3cc(C(C)(C)C)ccc32)c1.Fc1ccc(OCCCCOc2ccc(F)cc2I)c(I)c1. The first-order valence-corrected chi connectivity index (χ1v) is 52.6. The standard InChI is InChI=1S/C70H74F2N2O4.C38H50BNO4.C16H14F2I2O2/c1-41-31-55(65(75)61(33-41)73-57-23-17-43(67(3,4)5)35-49(57)50-36-44(68(6,7)8)18-24-58(50)73)53-39-47(71)21-27-63(53)77-29-15-16-30-78-64-28-22-48(72)40-54(64)56-32-42(2)34-62(66(56)76)74-59-25-19-45(69(9,10)11)37-51(59)52-38-46(70(12,13)14)20-26-60(52)74;1-24-20-29(39-43-37(8,9)38(10,11)44-39)34(42-33-14-12-13-19-41-33)32(21-24)40-30-17-15-25(35(2,3)4)22-27(30)28-23-26(36(5,6)7)16-18-31(28)40;17-11-3-5-15(13(19)9-11)21-7-1-2-8-22-16-6-4-12(18)10-14(16)20/h17-28,31-40,75-76H,15-16,29-30H2,1-14H3;15-18,20-23,33H,12-14,19H2,1-11H3;3-6,9-10H,1-2,7-8H2. The summed E-state index contributed by atoms with van der Waals surface area (Å²) in [5.41, 5.74) is 20.3. The van der Waals surface area contributed by atoms with Crippen LogP contribution >= 0.6 is 45.2 Å². The summed E-state index contributed by atoms with van der Waals surface area (Å²) < 4.78 is 115. The number of hydrogen-bond acceptors (Lipinski definition) is 10. The van der Waals surface area contributed by atoms with E-state index in [2.05, 4.69) is 294 Å². The van der Waals surface area contributed by atoms with Gasteiger partial charge in [0.2, 0.25) is 0 Å². The minimum Gasteiger partial charge on any atom is -0.505 e. The van der Waals surface area contributed by atoms with E-state index in [0.29, 0.717) is 89.3 Å². The first kappa shape index (κ1) is 106. The summed E-state index contributed by atoms with van der Waals surface area (Å²) in [4.78, 5) is 0. The number of aromatic hydroxyl groups is 2. The highest BCUT2D eigenvalue weighted by molar-refractivity contribution is 14.1. The average Bonchev–Trinajstić information content (AvgIpc) is 1.59. The Kier molecular flexibility index (Phi) is 30.4. The monoisotopic (exact) mass is 2170 g/mol. The highest BCUT2D eigenvalue weighted by Gasteiger charge is 2.53. The summed E-state index contributed by atoms with van der Waals surface area (Å²) >= 11 is 4.09. The predicted octanol–water partition coefficient (Wildman–Crippen LogP) is 33.3. The molecular formula is C124H138BF4I2N3O10. The molecule has 0 bridgehead atoms. The second-order valence-corrected chi connectivity index (χ2v) is 48.5. The number of phenolic OH excluding ortho intramolecular Hbond substituents is 2. The van der Waals surface area contributed by atoms with Gasteiger partial charge in [-0.05, 0) is 391 Å². The van der Waals surface area contributed by atoms with Crippen molar-refractivity contribution in [2.24, 2.45) is 0 Å². The van der Waals surface area contributed by atoms with Crippen LogP contribution in [-0.4, -0.2) is 81.6 Å². The Bertz CT molecular complexity index is 6980. The summed E-state index contributed by atoms with van der Waals surface area (Å²) in [6, 6.07) is 70.1. The van der Waals surface area contributed by atoms with Crippen molar-refractivity contribution in [2.45, 2.75) is 268 Å². The number of phenols is 2. The van der Waals surface area contributed by atoms with Crippen LogP contribution in [0.25, 0.3) is 105 Å². The van der Waals surface area contributed by atoms with Crippen molar-refractivity contribution >= 4 is 123 Å². The quantitative estimate of drug-likeness (QED) is 0.0293. The largest absolute Gasteiger partial charge is 0.505 e. The molecule has 2 N–H and O–H groups in total. The van der Waals surface area contributed by atoms with Crippen LogP contribution in [0.4, 0.5) is 17.6 Å². The molecule has 1 atom stereocenters. The molecule has 2 aliphatic rings. The van der Waals surface area contributed by atoms with Crippen molar-refractivity contribution in [1.29, 1.82) is 0 Å². The summed E-state index contributed by atoms with van der Waals surface area (Å²) in [7, 11) is -0.565. The first-order valence-electron chi connectivity index (χ1n) is 50.4. The number of rotatable bonds is 22. The number of nitrogens with zero attached hydrogens (tertiary/aromatic N) is 3. The van der Waals surface area contributed by atoms with Gasteiger partial charge in [0, 0.05) is 66.5 Å². The van der Waals surface area contributed by atoms with E-state index in [0.717, 1.165) is 127 Å². The van der Waals surface area contributed by atoms with Gasteiger partial charge >= 0.3 is 7.12 Å². The maximum absolute atomic E-state index is 15.3. The molecule has 0 amide bonds. The second kappa shape index (κ2) is 41.4. The van der Waals surface area contributed by atoms with E-state index >= 15 is 8.78 Å². The smallest absolute Gasteiger partial charge is 0.498 e. The maximum atomic E-state index is 15.3. The van der Waals surface area contributed by atoms with Crippen molar-refractivity contribution in [3.63, 3.8) is 0 Å². The summed E-state index contributed by atoms with van der Waals surface area (Å²) in [6.07, 6.45) is 5.48. The fraction of sp³-hybridized carbons (Fsp3) is 0.371. The van der Waals surface area contributed by atoms with E-state index in [9.17, 15) is 19.0 Å². The highest BCUT2D eigenvalue weighted by atomic mass is 127. The van der Waals surface area contributed by atoms with Crippen molar-refractivity contribution in [3.8, 4) is 79.6 Å². The molecule has 0 aliphatic carbocycles. The molecule has 5 heterocycles. The molecule has 2 saturated heterocycles. The minimum absolute atomic E-state index is 0.0179. The zero-order valence-corrected chi connectivity index (χ0v) is 92.5. The third kappa shape index (κ3) is 22.7. The number of halogens is 6. The highest BCUT2D eigenvalue weighted by Crippen LogP contribution is 2.50. The second-order valence-electron chi connectivity index (χ2n) is 46.2. The molecule has 2 fully saturated rings. The lowest BCUT2D eigenvalue weighted by Gasteiger charge is -2.32. The molecule has 0 radical (unpaired) electrons. The van der Waals surface area contributed by atoms with Gasteiger partial charge in [0.1, 0.15) is 63.5 Å². The molecule has 1 unspecified atom stereocenters. The molecule has 13 aromatic carbocycles. The van der Waals surface area contributed by atoms with E-state index in [1.807, 2.05) is 83.3 Å². The number of ether oxygens (including phenoxy) is 6. The molecule has 18 rings (SSSR count). The number of benzene rings is 13. The molecule has 144 heavy (non-hydrogen) atoms. The summed E-state index contributed by atoms with van der Waals surface area (Å²) in [6.45, 7) is 57.1. The Hall–Kier alpha value is -11.0. The summed E-state index contributed by atoms with van der Waals surface area (Å²) in [5.74, 6) is 1.63. The topological polar surface area (TPSA) is 129 Å². The first-order chi connectivity index (χ1) is 67.7. The van der Waals surface area contributed by atoms with Gasteiger partial charge in [-0.25, -0.2) is 17.6 Å². The van der Waals surface area contributed by atoms with Crippen LogP contribution in [0.3, 0.4) is 0 Å². The number of fused-ring (bicyclic) bond motifs is 9. The van der Waals surface area contributed by atoms with E-state index in [-0.39, 0.29) is 75.1 Å². The molecule has 16 aromatic rings. The third-order valence-corrected chi connectivity index (χ3v) is 29.9. The number of aromatic nitrogens is 3. The van der Waals surface area contributed by atoms with Crippen LogP contribution in [0.15, 0.2) is 218 Å². The van der Waals surface area contributed by atoms with Crippen molar-refractivity contribution < 1.29 is 65.5 Å². The Morgan fingerprint density at radius 3 is 0.910 bits per heavy atom. The Morgan fingerprint density at radius 1 is 0.340 bits per heavy atom. The molecule has 20 heteroatoms. The van der Waals surface area contributed by atoms with Crippen LogP contribution in [0.1, 0.15) is 247 Å². The zero-order chi connectivity index (χ0) is 104. The predicted molar refractivity (Wildman–Crippen MR) is 601 cm³/mol. The van der Waals surface area contributed by atoms with Crippen LogP contribution in [0.2, 0.25) is 0 Å². The Balaban J connectivity index is 0.000000187. The van der Waals surface area contributed by atoms with Gasteiger partial charge in [-0.3, -0.25) is 0 Å². The van der Waals surface area contributed by atoms with Gasteiger partial charge < -0.3 is 61.6 Å². The molecule has 2 aliphatic heterocycles. The van der Waals surface area contributed by atoms with E-state index in [1.54, 1.807) is 24.3 Å². The average molecular weight is 2170 g/mol. The Labute approximate surface area is 875 Å². The lowest BCUT2D eigenvalue weighted by molar-refractivity contribution is -0.105. The van der Waals surface area contributed by atoms with E-state index in [4.69, 9.17) is 37.7 Å². The number of aryl methyl sites for hydroxylation is 3. The fourth-order valence-electron chi connectivity index (χ4n) is 19.1. The fourth-order valence-corrected chi connectivity index (χ4v) is 20.3. The van der Waals surface area contributed by atoms with E-state index in [1.165, 1.54) is 92.7 Å². The van der Waals surface area contributed by atoms with Gasteiger partial charge in [0.15, 0.2) is 6.29 Å². The van der Waals surface area contributed by atoms with Gasteiger partial charge in [-0.15, -0.1) is 0 Å². The van der Waals surface area contributed by atoms with Crippen LogP contribution in [-0.2, 0) is 46.5 Å². The molecule has 754 valence electrons. The zero-order valence-electron chi connectivity index (χ0n) is 88.2. The van der Waals surface area contributed by atoms with Gasteiger partial charge in [-0.2, -0.15) is 0 Å². The lowest BCUT2D eigenvalue weighted by Crippen LogP contribution is -2.41. The summed E-state index contributed by atoms with van der Waals surface area (Å²) in [5, 5.41) is 31.7. The van der Waals surface area contributed by atoms with Gasteiger partial charge in [-0.1, -0.05) is 167 Å². The molecule has 13 nitrogen and oxygen atoms in total. The normalized spacial score (nSPS) is 14.7. The Morgan fingerprint density at radius 2 is 0.618 bits per heavy atom. The van der Waals surface area contributed by atoms with Crippen molar-refractivity contribution in [3.05, 3.63) is 299 Å².